The predicted molar refractivity (Wildman–Crippen MR) is 184 cm³/mol. The molecule has 0 aliphatic carbocycles. The summed E-state index contributed by atoms with van der Waals surface area (Å²) in [5.74, 6) is -0.848. The van der Waals surface area contributed by atoms with Gasteiger partial charge in [-0.1, -0.05) is 155 Å². The molecule has 44 heavy (non-hydrogen) atoms. The first-order chi connectivity index (χ1) is 21.0. The lowest BCUT2D eigenvalue weighted by molar-refractivity contribution is -0.141. The molecule has 0 heterocycles. The molecule has 2 N–H and O–H groups in total. The van der Waals surface area contributed by atoms with Crippen molar-refractivity contribution in [2.75, 3.05) is 20.8 Å². The molecule has 0 rings (SSSR count). The molecule has 0 saturated heterocycles. The van der Waals surface area contributed by atoms with Gasteiger partial charge in [0.25, 0.3) is 0 Å². The molecule has 7 heteroatoms. The fraction of sp³-hybridized carbons (Fsp3) is 0.919. The molecule has 0 radical (unpaired) electrons. The van der Waals surface area contributed by atoms with Crippen molar-refractivity contribution in [2.45, 2.75) is 200 Å². The average molecular weight is 631 g/mol. The summed E-state index contributed by atoms with van der Waals surface area (Å²) < 4.78 is 9.23. The molecule has 0 aromatic carbocycles. The number of carboxylic acids is 1. The Morgan fingerprint density at radius 1 is 0.386 bits per heavy atom. The van der Waals surface area contributed by atoms with Crippen molar-refractivity contribution in [3.8, 4) is 0 Å². The molecule has 0 aromatic heterocycles. The summed E-state index contributed by atoms with van der Waals surface area (Å²) in [6.07, 6.45) is 34.5. The van der Waals surface area contributed by atoms with Crippen LogP contribution in [-0.2, 0) is 23.9 Å². The van der Waals surface area contributed by atoms with Crippen LogP contribution in [0.25, 0.3) is 0 Å². The van der Waals surface area contributed by atoms with Gasteiger partial charge in [-0.25, -0.2) is 0 Å². The first-order valence-corrected chi connectivity index (χ1v) is 17.9. The summed E-state index contributed by atoms with van der Waals surface area (Å²) in [6, 6.07) is 0. The highest BCUT2D eigenvalue weighted by molar-refractivity contribution is 5.69. The van der Waals surface area contributed by atoms with Gasteiger partial charge in [0.05, 0.1) is 14.2 Å². The fourth-order valence-corrected chi connectivity index (χ4v) is 5.20. The Labute approximate surface area is 272 Å². The molecule has 264 valence electrons. The zero-order valence-electron chi connectivity index (χ0n) is 28.4. The Balaban J connectivity index is -0.000000748. The van der Waals surface area contributed by atoms with Crippen molar-refractivity contribution in [1.82, 2.24) is 0 Å². The van der Waals surface area contributed by atoms with Gasteiger partial charge >= 0.3 is 17.9 Å². The Kier molecular flexibility index (Phi) is 44.0. The van der Waals surface area contributed by atoms with Gasteiger partial charge in [0.15, 0.2) is 0 Å². The second-order valence-electron chi connectivity index (χ2n) is 12.1. The largest absolute Gasteiger partial charge is 0.481 e. The van der Waals surface area contributed by atoms with Crippen LogP contribution < -0.4 is 0 Å². The Bertz CT molecular complexity index is 594. The van der Waals surface area contributed by atoms with E-state index in [1.165, 1.54) is 143 Å². The highest BCUT2D eigenvalue weighted by atomic mass is 16.5. The molecule has 0 bridgehead atoms. The van der Waals surface area contributed by atoms with E-state index in [2.05, 4.69) is 9.47 Å². The van der Waals surface area contributed by atoms with Gasteiger partial charge in [-0.15, -0.1) is 0 Å². The number of ether oxygens (including phenoxy) is 2. The number of unbranched alkanes of at least 4 members (excludes halogenated alkanes) is 25. The summed E-state index contributed by atoms with van der Waals surface area (Å²) in [7, 11) is 2.90. The van der Waals surface area contributed by atoms with Gasteiger partial charge < -0.3 is 19.7 Å². The summed E-state index contributed by atoms with van der Waals surface area (Å²) in [5.41, 5.74) is 0. The van der Waals surface area contributed by atoms with E-state index >= 15 is 0 Å². The highest BCUT2D eigenvalue weighted by Crippen LogP contribution is 2.15. The number of aliphatic carboxylic acids is 1. The van der Waals surface area contributed by atoms with Crippen molar-refractivity contribution < 1.29 is 34.1 Å². The Hall–Kier alpha value is -1.63. The molecule has 0 unspecified atom stereocenters. The number of aliphatic hydroxyl groups is 1. The van der Waals surface area contributed by atoms with E-state index in [1.807, 2.05) is 0 Å². The summed E-state index contributed by atoms with van der Waals surface area (Å²) in [5, 5.41) is 17.2. The van der Waals surface area contributed by atoms with Crippen molar-refractivity contribution in [2.24, 2.45) is 0 Å². The molecule has 0 fully saturated rings. The van der Waals surface area contributed by atoms with Crippen LogP contribution >= 0.6 is 0 Å². The zero-order chi connectivity index (χ0) is 32.1. The highest BCUT2D eigenvalue weighted by Gasteiger charge is 2.01. The number of rotatable bonds is 32. The topological polar surface area (TPSA) is 110 Å². The van der Waals surface area contributed by atoms with Crippen LogP contribution in [0.5, 0.6) is 0 Å². The van der Waals surface area contributed by atoms with E-state index in [-0.39, 0.29) is 19.4 Å². The molecule has 0 aromatic rings. The van der Waals surface area contributed by atoms with Gasteiger partial charge in [-0.2, -0.15) is 0 Å². The number of hydrogen-bond donors (Lipinski definition) is 2. The lowest BCUT2D eigenvalue weighted by Crippen LogP contribution is -1.99. The van der Waals surface area contributed by atoms with Crippen LogP contribution in [0.3, 0.4) is 0 Å². The van der Waals surface area contributed by atoms with E-state index in [9.17, 15) is 14.4 Å². The van der Waals surface area contributed by atoms with Crippen LogP contribution in [0, 0.1) is 0 Å². The van der Waals surface area contributed by atoms with E-state index in [1.54, 1.807) is 0 Å². The number of aliphatic hydroxyl groups excluding tert-OH is 1. The maximum atomic E-state index is 10.9. The molecular formula is C37H74O7. The van der Waals surface area contributed by atoms with Crippen LogP contribution in [0.1, 0.15) is 200 Å². The minimum absolute atomic E-state index is 0. The average Bonchev–Trinajstić information content (AvgIpc) is 3.00. The third-order valence-electron chi connectivity index (χ3n) is 8.02. The number of carboxylic acid groups (broad SMARTS) is 1. The summed E-state index contributed by atoms with van der Waals surface area (Å²) in [6.45, 7) is 0.350. The van der Waals surface area contributed by atoms with E-state index in [4.69, 9.17) is 10.2 Å². The number of esters is 2. The van der Waals surface area contributed by atoms with Gasteiger partial charge in [-0.05, 0) is 25.7 Å². The SMILES string of the molecule is C.COC(=O)CCCCCCCCCCCCCCCC(=O)O.COC(=O)CCCCCCCCCCCCCCCCO. The minimum Gasteiger partial charge on any atom is -0.481 e. The monoisotopic (exact) mass is 631 g/mol. The van der Waals surface area contributed by atoms with Crippen molar-refractivity contribution in [3.05, 3.63) is 0 Å². The standard InChI is InChI=1S/C18H34O4.C18H36O3.CH4/c1-22-18(21)16-14-12-10-8-6-4-2-3-5-7-9-11-13-15-17(19)20;1-21-18(20)16-14-12-10-8-6-4-2-3-5-7-9-11-13-15-17-19;/h2-16H2,1H3,(H,19,20);19H,2-17H2,1H3;1H4. The third kappa shape index (κ3) is 44.8. The normalized spacial score (nSPS) is 10.4. The first kappa shape index (κ1) is 46.8. The van der Waals surface area contributed by atoms with E-state index in [0.717, 1.165) is 44.9 Å². The second kappa shape index (κ2) is 41.4. The lowest BCUT2D eigenvalue weighted by Gasteiger charge is -2.03. The lowest BCUT2D eigenvalue weighted by atomic mass is 10.0. The Morgan fingerprint density at radius 2 is 0.591 bits per heavy atom. The number of methoxy groups -OCH3 is 2. The van der Waals surface area contributed by atoms with E-state index < -0.39 is 5.97 Å². The van der Waals surface area contributed by atoms with Gasteiger partial charge in [0.1, 0.15) is 0 Å². The molecule has 0 amide bonds. The quantitative estimate of drug-likeness (QED) is 0.0562. The maximum Gasteiger partial charge on any atom is 0.305 e. The van der Waals surface area contributed by atoms with Crippen LogP contribution in [0.4, 0.5) is 0 Å². The van der Waals surface area contributed by atoms with E-state index in [0.29, 0.717) is 25.9 Å². The van der Waals surface area contributed by atoms with Crippen LogP contribution in [0.2, 0.25) is 0 Å². The van der Waals surface area contributed by atoms with Crippen LogP contribution in [-0.4, -0.2) is 48.9 Å². The predicted octanol–water partition coefficient (Wildman–Crippen LogP) is 10.7. The number of carbonyl (C=O) groups is 3. The van der Waals surface area contributed by atoms with Crippen LogP contribution in [0.15, 0.2) is 0 Å². The molecule has 7 nitrogen and oxygen atoms in total. The van der Waals surface area contributed by atoms with Crippen molar-refractivity contribution >= 4 is 17.9 Å². The molecule has 0 atom stereocenters. The molecule has 0 spiro atoms. The molecule has 0 saturated carbocycles. The third-order valence-corrected chi connectivity index (χ3v) is 8.02. The van der Waals surface area contributed by atoms with Gasteiger partial charge in [0, 0.05) is 25.9 Å². The zero-order valence-corrected chi connectivity index (χ0v) is 28.4. The molecule has 0 aliphatic heterocycles. The number of carbonyl (C=O) groups excluding carboxylic acids is 2. The molecule has 0 aliphatic rings. The first-order valence-electron chi connectivity index (χ1n) is 17.9. The van der Waals surface area contributed by atoms with Crippen molar-refractivity contribution in [1.29, 1.82) is 0 Å². The fourth-order valence-electron chi connectivity index (χ4n) is 5.20. The summed E-state index contributed by atoms with van der Waals surface area (Å²) >= 11 is 0. The molecular weight excluding hydrogens is 556 g/mol. The minimum atomic E-state index is -0.676. The number of hydrogen-bond acceptors (Lipinski definition) is 6. The van der Waals surface area contributed by atoms with Gasteiger partial charge in [0.2, 0.25) is 0 Å². The second-order valence-corrected chi connectivity index (χ2v) is 12.1. The smallest absolute Gasteiger partial charge is 0.305 e. The maximum absolute atomic E-state index is 10.9. The summed E-state index contributed by atoms with van der Waals surface area (Å²) in [4.78, 5) is 32.2. The Morgan fingerprint density at radius 3 is 0.795 bits per heavy atom. The van der Waals surface area contributed by atoms with Gasteiger partial charge in [-0.3, -0.25) is 14.4 Å². The van der Waals surface area contributed by atoms with Crippen molar-refractivity contribution in [3.63, 3.8) is 0 Å².